The molecule has 1 aliphatic rings. The van der Waals surface area contributed by atoms with Crippen LogP contribution in [0, 0.1) is 19.8 Å². The molecule has 4 heteroatoms. The van der Waals surface area contributed by atoms with Crippen molar-refractivity contribution in [1.29, 1.82) is 0 Å². The molecule has 1 aliphatic heterocycles. The first-order chi connectivity index (χ1) is 12.0. The maximum atomic E-state index is 12.4. The van der Waals surface area contributed by atoms with E-state index in [4.69, 9.17) is 4.74 Å². The van der Waals surface area contributed by atoms with E-state index in [1.807, 2.05) is 0 Å². The molecule has 4 nitrogen and oxygen atoms in total. The van der Waals surface area contributed by atoms with E-state index in [9.17, 15) is 4.79 Å². The molecule has 1 unspecified atom stereocenters. The summed E-state index contributed by atoms with van der Waals surface area (Å²) in [5.74, 6) is 0.578. The minimum Gasteiger partial charge on any atom is -0.378 e. The zero-order valence-corrected chi connectivity index (χ0v) is 16.4. The number of unbranched alkanes of at least 4 members (excludes halogenated alkanes) is 2. The quantitative estimate of drug-likeness (QED) is 0.695. The molecule has 0 aliphatic carbocycles. The Balaban J connectivity index is 1.96. The van der Waals surface area contributed by atoms with Crippen molar-refractivity contribution in [2.24, 2.45) is 5.92 Å². The molecule has 1 heterocycles. The van der Waals surface area contributed by atoms with Crippen LogP contribution in [0.15, 0.2) is 12.1 Å². The fraction of sp³-hybridized carbons (Fsp3) is 0.667. The molecule has 0 radical (unpaired) electrons. The third-order valence-corrected chi connectivity index (χ3v) is 4.99. The summed E-state index contributed by atoms with van der Waals surface area (Å²) in [7, 11) is 0. The van der Waals surface area contributed by atoms with Crippen molar-refractivity contribution in [3.8, 4) is 0 Å². The molecule has 0 spiro atoms. The first-order valence-electron chi connectivity index (χ1n) is 9.75. The molecule has 1 N–H and O–H groups in total. The molecular formula is C21H34N2O2. The summed E-state index contributed by atoms with van der Waals surface area (Å²) >= 11 is 0. The molecule has 1 fully saturated rings. The lowest BCUT2D eigenvalue weighted by molar-refractivity contribution is -0.117. The summed E-state index contributed by atoms with van der Waals surface area (Å²) in [5.41, 5.74) is 4.47. The van der Waals surface area contributed by atoms with E-state index in [0.717, 1.165) is 49.5 Å². The van der Waals surface area contributed by atoms with Crippen molar-refractivity contribution in [3.05, 3.63) is 23.3 Å². The molecule has 2 rings (SSSR count). The van der Waals surface area contributed by atoms with Gasteiger partial charge in [0.25, 0.3) is 0 Å². The van der Waals surface area contributed by atoms with E-state index < -0.39 is 0 Å². The number of benzene rings is 1. The van der Waals surface area contributed by atoms with Crippen molar-refractivity contribution < 1.29 is 9.53 Å². The van der Waals surface area contributed by atoms with Crippen LogP contribution in [0.2, 0.25) is 0 Å². The zero-order chi connectivity index (χ0) is 18.2. The van der Waals surface area contributed by atoms with Crippen LogP contribution < -0.4 is 10.2 Å². The third kappa shape index (κ3) is 6.03. The highest BCUT2D eigenvalue weighted by molar-refractivity contribution is 5.92. The molecule has 1 amide bonds. The summed E-state index contributed by atoms with van der Waals surface area (Å²) < 4.78 is 5.43. The van der Waals surface area contributed by atoms with Crippen LogP contribution in [0.1, 0.15) is 57.1 Å². The smallest absolute Gasteiger partial charge is 0.224 e. The van der Waals surface area contributed by atoms with Gasteiger partial charge in [0.2, 0.25) is 5.91 Å². The zero-order valence-electron chi connectivity index (χ0n) is 16.4. The van der Waals surface area contributed by atoms with Crippen LogP contribution in [0.4, 0.5) is 11.4 Å². The molecule has 0 aromatic heterocycles. The predicted octanol–water partition coefficient (Wildman–Crippen LogP) is 4.69. The summed E-state index contributed by atoms with van der Waals surface area (Å²) in [4.78, 5) is 14.8. The van der Waals surface area contributed by atoms with Gasteiger partial charge in [-0.15, -0.1) is 0 Å². The largest absolute Gasteiger partial charge is 0.378 e. The van der Waals surface area contributed by atoms with Gasteiger partial charge < -0.3 is 15.0 Å². The highest BCUT2D eigenvalue weighted by Gasteiger charge is 2.16. The summed E-state index contributed by atoms with van der Waals surface area (Å²) in [6.45, 7) is 12.0. The normalized spacial score (nSPS) is 15.9. The van der Waals surface area contributed by atoms with Crippen molar-refractivity contribution in [2.45, 2.75) is 59.8 Å². The lowest BCUT2D eigenvalue weighted by Gasteiger charge is -2.30. The average Bonchev–Trinajstić information content (AvgIpc) is 2.59. The first kappa shape index (κ1) is 19.8. The third-order valence-electron chi connectivity index (χ3n) is 4.99. The minimum atomic E-state index is 0.134. The van der Waals surface area contributed by atoms with Gasteiger partial charge >= 0.3 is 0 Å². The number of hydrogen-bond acceptors (Lipinski definition) is 3. The summed E-state index contributed by atoms with van der Waals surface area (Å²) in [6.07, 6.45) is 5.44. The minimum absolute atomic E-state index is 0.134. The van der Waals surface area contributed by atoms with Crippen molar-refractivity contribution >= 4 is 17.3 Å². The Labute approximate surface area is 152 Å². The molecule has 1 aromatic carbocycles. The Morgan fingerprint density at radius 3 is 2.44 bits per heavy atom. The van der Waals surface area contributed by atoms with Crippen molar-refractivity contribution in [2.75, 3.05) is 36.5 Å². The van der Waals surface area contributed by atoms with Gasteiger partial charge in [-0.2, -0.15) is 0 Å². The predicted molar refractivity (Wildman–Crippen MR) is 106 cm³/mol. The highest BCUT2D eigenvalue weighted by Crippen LogP contribution is 2.28. The second-order valence-corrected chi connectivity index (χ2v) is 7.41. The number of hydrogen-bond donors (Lipinski definition) is 1. The number of nitrogens with one attached hydrogen (secondary N) is 1. The summed E-state index contributed by atoms with van der Waals surface area (Å²) in [5, 5.41) is 3.15. The maximum absolute atomic E-state index is 12.4. The monoisotopic (exact) mass is 346 g/mol. The standard InChI is InChI=1S/C21H34N2O2/c1-5-6-7-8-16(2)13-20(24)22-21-17(3)14-19(15-18(21)4)23-9-11-25-12-10-23/h14-16H,5-13H2,1-4H3,(H,22,24). The molecule has 1 atom stereocenters. The topological polar surface area (TPSA) is 41.6 Å². The van der Waals surface area contributed by atoms with Gasteiger partial charge in [0, 0.05) is 30.9 Å². The summed E-state index contributed by atoms with van der Waals surface area (Å²) in [6, 6.07) is 4.36. The Bertz CT molecular complexity index is 542. The van der Waals surface area contributed by atoms with Gasteiger partial charge in [0.1, 0.15) is 0 Å². The highest BCUT2D eigenvalue weighted by atomic mass is 16.5. The molecule has 25 heavy (non-hydrogen) atoms. The SMILES string of the molecule is CCCCCC(C)CC(=O)Nc1c(C)cc(N2CCOCC2)cc1C. The molecule has 140 valence electrons. The molecular weight excluding hydrogens is 312 g/mol. The average molecular weight is 347 g/mol. The Morgan fingerprint density at radius 2 is 1.84 bits per heavy atom. The van der Waals surface area contributed by atoms with E-state index in [1.54, 1.807) is 0 Å². The number of aryl methyl sites for hydroxylation is 2. The maximum Gasteiger partial charge on any atom is 0.224 e. The second kappa shape index (κ2) is 9.81. The van der Waals surface area contributed by atoms with Crippen LogP contribution in [-0.4, -0.2) is 32.2 Å². The van der Waals surface area contributed by atoms with Crippen LogP contribution in [0.3, 0.4) is 0 Å². The van der Waals surface area contributed by atoms with Gasteiger partial charge in [-0.3, -0.25) is 4.79 Å². The number of rotatable bonds is 8. The lowest BCUT2D eigenvalue weighted by atomic mass is 9.99. The van der Waals surface area contributed by atoms with Gasteiger partial charge in [0.15, 0.2) is 0 Å². The first-order valence-corrected chi connectivity index (χ1v) is 9.75. The van der Waals surface area contributed by atoms with Crippen molar-refractivity contribution in [1.82, 2.24) is 0 Å². The number of carbonyl (C=O) groups excluding carboxylic acids is 1. The molecule has 1 saturated heterocycles. The number of carbonyl (C=O) groups is 1. The van der Waals surface area contributed by atoms with Crippen LogP contribution in [0.5, 0.6) is 0 Å². The molecule has 0 saturated carbocycles. The van der Waals surface area contributed by atoms with Crippen LogP contribution in [0.25, 0.3) is 0 Å². The van der Waals surface area contributed by atoms with Crippen LogP contribution in [-0.2, 0) is 9.53 Å². The lowest BCUT2D eigenvalue weighted by Crippen LogP contribution is -2.36. The van der Waals surface area contributed by atoms with E-state index in [1.165, 1.54) is 24.9 Å². The number of ether oxygens (including phenoxy) is 1. The number of anilines is 2. The Kier molecular flexibility index (Phi) is 7.76. The molecule has 0 bridgehead atoms. The van der Waals surface area contributed by atoms with Gasteiger partial charge in [0.05, 0.1) is 13.2 Å². The molecule has 1 aromatic rings. The van der Waals surface area contributed by atoms with Gasteiger partial charge in [-0.25, -0.2) is 0 Å². The van der Waals surface area contributed by atoms with Crippen LogP contribution >= 0.6 is 0 Å². The van der Waals surface area contributed by atoms with E-state index >= 15 is 0 Å². The Morgan fingerprint density at radius 1 is 1.20 bits per heavy atom. The fourth-order valence-corrected chi connectivity index (χ4v) is 3.49. The van der Waals surface area contributed by atoms with Gasteiger partial charge in [-0.1, -0.05) is 39.5 Å². The number of morpholine rings is 1. The van der Waals surface area contributed by atoms with Crippen molar-refractivity contribution in [3.63, 3.8) is 0 Å². The second-order valence-electron chi connectivity index (χ2n) is 7.41. The van der Waals surface area contributed by atoms with E-state index in [2.05, 4.69) is 50.0 Å². The fourth-order valence-electron chi connectivity index (χ4n) is 3.49. The Hall–Kier alpha value is -1.55. The van der Waals surface area contributed by atoms with Gasteiger partial charge in [-0.05, 0) is 43.0 Å². The number of nitrogens with zero attached hydrogens (tertiary/aromatic N) is 1. The van der Waals surface area contributed by atoms with E-state index in [-0.39, 0.29) is 5.91 Å². The van der Waals surface area contributed by atoms with E-state index in [0.29, 0.717) is 12.3 Å². The number of amides is 1.